The highest BCUT2D eigenvalue weighted by atomic mass is 16.3. The van der Waals surface area contributed by atoms with Crippen LogP contribution in [0.1, 0.15) is 6.42 Å². The van der Waals surface area contributed by atoms with Crippen molar-refractivity contribution in [2.75, 3.05) is 6.61 Å². The molecule has 0 aliphatic rings. The second-order valence-corrected chi connectivity index (χ2v) is 2.69. The summed E-state index contributed by atoms with van der Waals surface area (Å²) in [5.74, 6) is 0. The van der Waals surface area contributed by atoms with Crippen LogP contribution in [0.5, 0.6) is 0 Å². The first kappa shape index (κ1) is 9.89. The number of nitrogens with zero attached hydrogens (tertiary/aromatic N) is 1. The van der Waals surface area contributed by atoms with Gasteiger partial charge >= 0.3 is 0 Å². The van der Waals surface area contributed by atoms with Gasteiger partial charge in [-0.1, -0.05) is 18.2 Å². The molecule has 0 radical (unpaired) electrons. The SMILES string of the molecule is OCCC(O)C=Nc1ccccc1. The molecule has 0 bridgehead atoms. The van der Waals surface area contributed by atoms with Crippen molar-refractivity contribution in [3.8, 4) is 0 Å². The Labute approximate surface area is 77.4 Å². The van der Waals surface area contributed by atoms with Gasteiger partial charge in [0.15, 0.2) is 0 Å². The average molecular weight is 179 g/mol. The van der Waals surface area contributed by atoms with E-state index in [1.54, 1.807) is 0 Å². The van der Waals surface area contributed by atoms with Gasteiger partial charge in [0.2, 0.25) is 0 Å². The molecule has 0 saturated carbocycles. The lowest BCUT2D eigenvalue weighted by molar-refractivity contribution is 0.187. The van der Waals surface area contributed by atoms with Crippen LogP contribution >= 0.6 is 0 Å². The van der Waals surface area contributed by atoms with E-state index in [1.165, 1.54) is 6.21 Å². The predicted molar refractivity (Wildman–Crippen MR) is 52.3 cm³/mol. The number of aliphatic hydroxyl groups is 2. The third kappa shape index (κ3) is 3.83. The molecular weight excluding hydrogens is 166 g/mol. The van der Waals surface area contributed by atoms with E-state index in [4.69, 9.17) is 5.11 Å². The van der Waals surface area contributed by atoms with Crippen molar-refractivity contribution in [1.29, 1.82) is 0 Å². The van der Waals surface area contributed by atoms with Crippen LogP contribution in [0.3, 0.4) is 0 Å². The molecule has 0 fully saturated rings. The second kappa shape index (κ2) is 5.45. The minimum atomic E-state index is -0.662. The summed E-state index contributed by atoms with van der Waals surface area (Å²) in [6.07, 6.45) is 1.10. The smallest absolute Gasteiger partial charge is 0.0913 e. The van der Waals surface area contributed by atoms with Gasteiger partial charge in [0, 0.05) is 19.2 Å². The van der Waals surface area contributed by atoms with Crippen molar-refractivity contribution >= 4 is 11.9 Å². The van der Waals surface area contributed by atoms with Crippen molar-refractivity contribution in [2.24, 2.45) is 4.99 Å². The fraction of sp³-hybridized carbons (Fsp3) is 0.300. The van der Waals surface area contributed by atoms with E-state index in [2.05, 4.69) is 4.99 Å². The van der Waals surface area contributed by atoms with Crippen molar-refractivity contribution in [3.05, 3.63) is 30.3 Å². The first-order chi connectivity index (χ1) is 6.33. The molecule has 0 aliphatic heterocycles. The summed E-state index contributed by atoms with van der Waals surface area (Å²) >= 11 is 0. The second-order valence-electron chi connectivity index (χ2n) is 2.69. The fourth-order valence-electron chi connectivity index (χ4n) is 0.893. The molecule has 0 spiro atoms. The van der Waals surface area contributed by atoms with Crippen molar-refractivity contribution in [2.45, 2.75) is 12.5 Å². The van der Waals surface area contributed by atoms with Crippen LogP contribution in [0.25, 0.3) is 0 Å². The number of benzene rings is 1. The van der Waals surface area contributed by atoms with Crippen LogP contribution in [0.2, 0.25) is 0 Å². The van der Waals surface area contributed by atoms with E-state index in [1.807, 2.05) is 30.3 Å². The minimum absolute atomic E-state index is 0.0258. The molecule has 0 aromatic heterocycles. The molecule has 0 saturated heterocycles. The molecule has 0 heterocycles. The molecule has 1 atom stereocenters. The van der Waals surface area contributed by atoms with Gasteiger partial charge in [0.05, 0.1) is 11.8 Å². The average Bonchev–Trinajstić information content (AvgIpc) is 2.17. The number of hydrogen-bond acceptors (Lipinski definition) is 3. The van der Waals surface area contributed by atoms with E-state index < -0.39 is 6.10 Å². The van der Waals surface area contributed by atoms with Crippen molar-refractivity contribution < 1.29 is 10.2 Å². The Morgan fingerprint density at radius 2 is 2.00 bits per heavy atom. The summed E-state index contributed by atoms with van der Waals surface area (Å²) in [5.41, 5.74) is 0.805. The van der Waals surface area contributed by atoms with Gasteiger partial charge in [-0.3, -0.25) is 4.99 Å². The van der Waals surface area contributed by atoms with Crippen LogP contribution in [0.4, 0.5) is 5.69 Å². The largest absolute Gasteiger partial charge is 0.396 e. The lowest BCUT2D eigenvalue weighted by Crippen LogP contribution is -2.09. The van der Waals surface area contributed by atoms with Crippen molar-refractivity contribution in [1.82, 2.24) is 0 Å². The van der Waals surface area contributed by atoms with Gasteiger partial charge in [0.25, 0.3) is 0 Å². The Balaban J connectivity index is 2.49. The molecule has 1 rings (SSSR count). The summed E-state index contributed by atoms with van der Waals surface area (Å²) < 4.78 is 0. The highest BCUT2D eigenvalue weighted by Gasteiger charge is 1.96. The highest BCUT2D eigenvalue weighted by molar-refractivity contribution is 5.67. The standard InChI is InChI=1S/C10H13NO2/c12-7-6-10(13)8-11-9-4-2-1-3-5-9/h1-5,8,10,12-13H,6-7H2. The molecule has 2 N–H and O–H groups in total. The lowest BCUT2D eigenvalue weighted by atomic mass is 10.3. The molecule has 70 valence electrons. The normalized spacial score (nSPS) is 13.4. The topological polar surface area (TPSA) is 52.8 Å². The lowest BCUT2D eigenvalue weighted by Gasteiger charge is -2.00. The molecule has 0 aliphatic carbocycles. The number of hydrogen-bond donors (Lipinski definition) is 2. The summed E-state index contributed by atoms with van der Waals surface area (Å²) in [5, 5.41) is 17.7. The summed E-state index contributed by atoms with van der Waals surface area (Å²) in [4.78, 5) is 4.04. The first-order valence-corrected chi connectivity index (χ1v) is 4.21. The van der Waals surface area contributed by atoms with Crippen LogP contribution in [0.15, 0.2) is 35.3 Å². The third-order valence-corrected chi connectivity index (χ3v) is 1.58. The van der Waals surface area contributed by atoms with E-state index in [9.17, 15) is 5.11 Å². The van der Waals surface area contributed by atoms with Crippen LogP contribution in [0, 0.1) is 0 Å². The van der Waals surface area contributed by atoms with Gasteiger partial charge in [-0.05, 0) is 12.1 Å². The number of aliphatic imine (C=N–C) groups is 1. The van der Waals surface area contributed by atoms with E-state index in [0.717, 1.165) is 5.69 Å². The van der Waals surface area contributed by atoms with Crippen LogP contribution < -0.4 is 0 Å². The number of para-hydroxylation sites is 1. The van der Waals surface area contributed by atoms with Gasteiger partial charge in [-0.25, -0.2) is 0 Å². The van der Waals surface area contributed by atoms with Crippen molar-refractivity contribution in [3.63, 3.8) is 0 Å². The fourth-order valence-corrected chi connectivity index (χ4v) is 0.893. The van der Waals surface area contributed by atoms with E-state index in [0.29, 0.717) is 6.42 Å². The zero-order chi connectivity index (χ0) is 9.52. The molecule has 1 unspecified atom stereocenters. The quantitative estimate of drug-likeness (QED) is 0.681. The Morgan fingerprint density at radius 3 is 2.62 bits per heavy atom. The molecule has 13 heavy (non-hydrogen) atoms. The van der Waals surface area contributed by atoms with E-state index >= 15 is 0 Å². The van der Waals surface area contributed by atoms with Gasteiger partial charge in [-0.15, -0.1) is 0 Å². The summed E-state index contributed by atoms with van der Waals surface area (Å²) in [6.45, 7) is -0.0258. The number of rotatable bonds is 4. The first-order valence-electron chi connectivity index (χ1n) is 4.21. The summed E-state index contributed by atoms with van der Waals surface area (Å²) in [7, 11) is 0. The van der Waals surface area contributed by atoms with Gasteiger partial charge < -0.3 is 10.2 Å². The summed E-state index contributed by atoms with van der Waals surface area (Å²) in [6, 6.07) is 9.36. The molecule has 0 amide bonds. The highest BCUT2D eigenvalue weighted by Crippen LogP contribution is 2.08. The molecular formula is C10H13NO2. The Morgan fingerprint density at radius 1 is 1.31 bits per heavy atom. The molecule has 1 aromatic carbocycles. The Hall–Kier alpha value is -1.19. The monoisotopic (exact) mass is 179 g/mol. The van der Waals surface area contributed by atoms with Crippen LogP contribution in [-0.2, 0) is 0 Å². The predicted octanol–water partition coefficient (Wildman–Crippen LogP) is 1.13. The zero-order valence-electron chi connectivity index (χ0n) is 7.30. The third-order valence-electron chi connectivity index (χ3n) is 1.58. The zero-order valence-corrected chi connectivity index (χ0v) is 7.30. The maximum Gasteiger partial charge on any atom is 0.0913 e. The molecule has 3 heteroatoms. The number of aliphatic hydroxyl groups excluding tert-OH is 2. The Bertz CT molecular complexity index is 259. The molecule has 1 aromatic rings. The molecule has 3 nitrogen and oxygen atoms in total. The van der Waals surface area contributed by atoms with E-state index in [-0.39, 0.29) is 6.61 Å². The minimum Gasteiger partial charge on any atom is -0.396 e. The van der Waals surface area contributed by atoms with Gasteiger partial charge in [-0.2, -0.15) is 0 Å². The maximum atomic E-state index is 9.20. The Kier molecular flexibility index (Phi) is 4.15. The maximum absolute atomic E-state index is 9.20. The van der Waals surface area contributed by atoms with Crippen LogP contribution in [-0.4, -0.2) is 29.1 Å². The van der Waals surface area contributed by atoms with Gasteiger partial charge in [0.1, 0.15) is 0 Å².